The monoisotopic (exact) mass is 189 g/mol. The number of hydrogen-bond acceptors (Lipinski definition) is 2. The molecule has 59 valence electrons. The molecule has 1 aromatic rings. The lowest BCUT2D eigenvalue weighted by Crippen LogP contribution is -1.89. The average molecular weight is 190 g/mol. The summed E-state index contributed by atoms with van der Waals surface area (Å²) < 4.78 is 21.4. The van der Waals surface area contributed by atoms with Crippen LogP contribution in [0.1, 0.15) is 5.56 Å². The molecule has 1 radical (unpaired) electrons. The van der Waals surface area contributed by atoms with Crippen LogP contribution in [0.4, 0.5) is 0 Å². The van der Waals surface area contributed by atoms with Gasteiger partial charge in [-0.05, 0) is 13.0 Å². The second kappa shape index (κ2) is 2.83. The highest BCUT2D eigenvalue weighted by molar-refractivity contribution is 8.13. The molecule has 0 amide bonds. The Morgan fingerprint density at radius 3 is 2.45 bits per heavy atom. The number of rotatable bonds is 1. The fourth-order valence-electron chi connectivity index (χ4n) is 0.640. The third kappa shape index (κ3) is 2.20. The highest BCUT2D eigenvalue weighted by Gasteiger charge is 2.07. The summed E-state index contributed by atoms with van der Waals surface area (Å²) in [5, 5.41) is 0. The summed E-state index contributed by atoms with van der Waals surface area (Å²) in [5.41, 5.74) is 0.953. The predicted octanol–water partition coefficient (Wildman–Crippen LogP) is 1.72. The van der Waals surface area contributed by atoms with Gasteiger partial charge >= 0.3 is 0 Å². The van der Waals surface area contributed by atoms with Crippen molar-refractivity contribution >= 4 is 19.7 Å². The maximum atomic E-state index is 10.7. The number of halogens is 1. The summed E-state index contributed by atoms with van der Waals surface area (Å²) in [6, 6.07) is 7.24. The van der Waals surface area contributed by atoms with Crippen molar-refractivity contribution in [2.45, 2.75) is 11.8 Å². The number of hydrogen-bond donors (Lipinski definition) is 0. The summed E-state index contributed by atoms with van der Waals surface area (Å²) in [5.74, 6) is 0. The SMILES string of the molecule is Cc1c[c]c(S(=O)(=O)Cl)cc1. The Morgan fingerprint density at radius 1 is 1.45 bits per heavy atom. The van der Waals surface area contributed by atoms with Crippen molar-refractivity contribution in [3.63, 3.8) is 0 Å². The van der Waals surface area contributed by atoms with Crippen molar-refractivity contribution in [2.75, 3.05) is 0 Å². The largest absolute Gasteiger partial charge is 0.261 e. The average Bonchev–Trinajstić information content (AvgIpc) is 1.86. The quantitative estimate of drug-likeness (QED) is 0.631. The van der Waals surface area contributed by atoms with E-state index >= 15 is 0 Å². The van der Waals surface area contributed by atoms with Gasteiger partial charge in [-0.2, -0.15) is 0 Å². The van der Waals surface area contributed by atoms with Crippen LogP contribution in [-0.2, 0) is 9.05 Å². The Labute approximate surface area is 70.2 Å². The molecule has 0 aliphatic rings. The van der Waals surface area contributed by atoms with E-state index in [0.717, 1.165) is 5.56 Å². The summed E-state index contributed by atoms with van der Waals surface area (Å²) >= 11 is 0. The predicted molar refractivity (Wildman–Crippen MR) is 43.1 cm³/mol. The van der Waals surface area contributed by atoms with E-state index in [1.165, 1.54) is 6.07 Å². The van der Waals surface area contributed by atoms with Gasteiger partial charge in [0.25, 0.3) is 9.05 Å². The first-order valence-corrected chi connectivity index (χ1v) is 5.24. The highest BCUT2D eigenvalue weighted by atomic mass is 35.7. The lowest BCUT2D eigenvalue weighted by atomic mass is 10.2. The summed E-state index contributed by atoms with van der Waals surface area (Å²) in [6.07, 6.45) is 0. The Hall–Kier alpha value is -0.540. The topological polar surface area (TPSA) is 34.1 Å². The summed E-state index contributed by atoms with van der Waals surface area (Å²) in [4.78, 5) is 0.0183. The number of benzene rings is 1. The highest BCUT2D eigenvalue weighted by Crippen LogP contribution is 2.13. The van der Waals surface area contributed by atoms with E-state index in [1.807, 2.05) is 6.92 Å². The molecule has 1 aromatic carbocycles. The summed E-state index contributed by atoms with van der Waals surface area (Å²) in [7, 11) is 1.45. The van der Waals surface area contributed by atoms with Gasteiger partial charge in [0, 0.05) is 16.7 Å². The normalized spacial score (nSPS) is 11.5. The Bertz CT molecular complexity index is 339. The third-order valence-corrected chi connectivity index (χ3v) is 2.48. The Morgan fingerprint density at radius 2 is 2.09 bits per heavy atom. The molecule has 0 heterocycles. The molecule has 11 heavy (non-hydrogen) atoms. The van der Waals surface area contributed by atoms with Gasteiger partial charge in [0.1, 0.15) is 0 Å². The van der Waals surface area contributed by atoms with E-state index < -0.39 is 9.05 Å². The van der Waals surface area contributed by atoms with Gasteiger partial charge in [0.15, 0.2) is 0 Å². The minimum Gasteiger partial charge on any atom is -0.207 e. The summed E-state index contributed by atoms with van der Waals surface area (Å²) in [6.45, 7) is 1.85. The van der Waals surface area contributed by atoms with Crippen LogP contribution in [-0.4, -0.2) is 8.42 Å². The third-order valence-electron chi connectivity index (χ3n) is 1.20. The van der Waals surface area contributed by atoms with Crippen molar-refractivity contribution in [1.82, 2.24) is 0 Å². The fraction of sp³-hybridized carbons (Fsp3) is 0.143. The first-order chi connectivity index (χ1) is 5.00. The molecule has 0 aliphatic carbocycles. The molecule has 0 spiro atoms. The van der Waals surface area contributed by atoms with Gasteiger partial charge in [-0.1, -0.05) is 17.7 Å². The molecule has 0 aromatic heterocycles. The molecule has 1 rings (SSSR count). The van der Waals surface area contributed by atoms with Crippen LogP contribution < -0.4 is 0 Å². The van der Waals surface area contributed by atoms with Crippen LogP contribution in [0.25, 0.3) is 0 Å². The van der Waals surface area contributed by atoms with Crippen molar-refractivity contribution in [3.05, 3.63) is 29.8 Å². The zero-order valence-electron chi connectivity index (χ0n) is 5.83. The fourth-order valence-corrected chi connectivity index (χ4v) is 1.36. The number of aryl methyl sites for hydroxylation is 1. The molecular weight excluding hydrogens is 184 g/mol. The van der Waals surface area contributed by atoms with E-state index in [4.69, 9.17) is 10.7 Å². The van der Waals surface area contributed by atoms with Crippen LogP contribution in [0, 0.1) is 13.0 Å². The molecule has 2 nitrogen and oxygen atoms in total. The standard InChI is InChI=1S/C7H6ClO2S/c1-6-2-4-7(5-3-6)11(8,9)10/h2-4H,1H3. The Balaban J connectivity index is 3.20. The van der Waals surface area contributed by atoms with Gasteiger partial charge < -0.3 is 0 Å². The second-order valence-electron chi connectivity index (χ2n) is 2.17. The molecule has 0 saturated carbocycles. The maximum Gasteiger partial charge on any atom is 0.261 e. The molecule has 0 bridgehead atoms. The van der Waals surface area contributed by atoms with Crippen LogP contribution in [0.5, 0.6) is 0 Å². The van der Waals surface area contributed by atoms with E-state index in [1.54, 1.807) is 12.1 Å². The minimum atomic E-state index is -3.60. The van der Waals surface area contributed by atoms with E-state index in [0.29, 0.717) is 0 Å². The zero-order chi connectivity index (χ0) is 8.48. The molecular formula is C7H6ClO2S. The van der Waals surface area contributed by atoms with Crippen LogP contribution in [0.3, 0.4) is 0 Å². The first kappa shape index (κ1) is 8.56. The van der Waals surface area contributed by atoms with Gasteiger partial charge in [-0.3, -0.25) is 0 Å². The van der Waals surface area contributed by atoms with Gasteiger partial charge in [0.05, 0.1) is 4.90 Å². The second-order valence-corrected chi connectivity index (χ2v) is 4.70. The first-order valence-electron chi connectivity index (χ1n) is 2.93. The van der Waals surface area contributed by atoms with E-state index in [-0.39, 0.29) is 4.90 Å². The smallest absolute Gasteiger partial charge is 0.207 e. The van der Waals surface area contributed by atoms with Gasteiger partial charge in [-0.15, -0.1) is 0 Å². The molecule has 0 fully saturated rings. The van der Waals surface area contributed by atoms with Gasteiger partial charge in [0.2, 0.25) is 0 Å². The molecule has 4 heteroatoms. The van der Waals surface area contributed by atoms with Crippen molar-refractivity contribution in [2.24, 2.45) is 0 Å². The van der Waals surface area contributed by atoms with Crippen LogP contribution in [0.15, 0.2) is 23.1 Å². The molecule has 0 atom stereocenters. The van der Waals surface area contributed by atoms with Crippen LogP contribution >= 0.6 is 10.7 Å². The Kier molecular flexibility index (Phi) is 2.20. The molecule has 0 aliphatic heterocycles. The molecule has 0 unspecified atom stereocenters. The lowest BCUT2D eigenvalue weighted by molar-refractivity contribution is 0.609. The van der Waals surface area contributed by atoms with E-state index in [2.05, 4.69) is 6.07 Å². The molecule has 0 saturated heterocycles. The maximum absolute atomic E-state index is 10.7. The van der Waals surface area contributed by atoms with Gasteiger partial charge in [-0.25, -0.2) is 8.42 Å². The van der Waals surface area contributed by atoms with Crippen molar-refractivity contribution in [1.29, 1.82) is 0 Å². The minimum absolute atomic E-state index is 0.0183. The van der Waals surface area contributed by atoms with Crippen molar-refractivity contribution in [3.8, 4) is 0 Å². The zero-order valence-corrected chi connectivity index (χ0v) is 7.41. The van der Waals surface area contributed by atoms with Crippen LogP contribution in [0.2, 0.25) is 0 Å². The molecule has 0 N–H and O–H groups in total. The van der Waals surface area contributed by atoms with Crippen molar-refractivity contribution < 1.29 is 8.42 Å². The van der Waals surface area contributed by atoms with E-state index in [9.17, 15) is 8.42 Å². The lowest BCUT2D eigenvalue weighted by Gasteiger charge is -1.94.